The highest BCUT2D eigenvalue weighted by molar-refractivity contribution is 8.00. The predicted octanol–water partition coefficient (Wildman–Crippen LogP) is 2.90. The fraction of sp³-hybridized carbons (Fsp3) is 0.421. The maximum atomic E-state index is 12.3. The Morgan fingerprint density at radius 3 is 3.04 bits per heavy atom. The van der Waals surface area contributed by atoms with Crippen molar-refractivity contribution in [2.24, 2.45) is 0 Å². The molecule has 0 spiro atoms. The highest BCUT2D eigenvalue weighted by Gasteiger charge is 2.42. The Kier molecular flexibility index (Phi) is 4.97. The van der Waals surface area contributed by atoms with E-state index in [9.17, 15) is 9.59 Å². The van der Waals surface area contributed by atoms with Gasteiger partial charge in [-0.3, -0.25) is 9.78 Å². The summed E-state index contributed by atoms with van der Waals surface area (Å²) in [6, 6.07) is 10.1. The Balaban J connectivity index is 1.24. The Morgan fingerprint density at radius 2 is 2.12 bits per heavy atom. The molecule has 3 heterocycles. The quantitative estimate of drug-likeness (QED) is 0.539. The first-order valence-electron chi connectivity index (χ1n) is 9.03. The summed E-state index contributed by atoms with van der Waals surface area (Å²) < 4.78 is 0. The van der Waals surface area contributed by atoms with Gasteiger partial charge in [-0.15, -0.1) is 0 Å². The van der Waals surface area contributed by atoms with Gasteiger partial charge in [-0.25, -0.2) is 4.79 Å². The predicted molar refractivity (Wildman–Crippen MR) is 104 cm³/mol. The van der Waals surface area contributed by atoms with Gasteiger partial charge in [-0.05, 0) is 25.0 Å². The summed E-state index contributed by atoms with van der Waals surface area (Å²) in [6.07, 6.45) is 5.09. The molecule has 3 atom stereocenters. The summed E-state index contributed by atoms with van der Waals surface area (Å²) in [6.45, 7) is 0. The number of aromatic nitrogens is 1. The summed E-state index contributed by atoms with van der Waals surface area (Å²) in [5.74, 6) is 0.999. The molecule has 0 radical (unpaired) electrons. The van der Waals surface area contributed by atoms with Gasteiger partial charge < -0.3 is 16.0 Å². The molecule has 0 bridgehead atoms. The molecule has 2 aromatic rings. The molecule has 1 aromatic heterocycles. The minimum Gasteiger partial charge on any atom is -0.332 e. The van der Waals surface area contributed by atoms with Gasteiger partial charge in [-0.2, -0.15) is 11.8 Å². The average Bonchev–Trinajstić information content (AvgIpc) is 3.18. The van der Waals surface area contributed by atoms with Crippen LogP contribution in [0, 0.1) is 0 Å². The van der Waals surface area contributed by atoms with E-state index in [1.807, 2.05) is 42.1 Å². The lowest BCUT2D eigenvalue weighted by atomic mass is 10.0. The topological polar surface area (TPSA) is 83.1 Å². The zero-order valence-corrected chi connectivity index (χ0v) is 15.2. The van der Waals surface area contributed by atoms with E-state index in [0.717, 1.165) is 41.6 Å². The van der Waals surface area contributed by atoms with Crippen molar-refractivity contribution in [3.8, 4) is 0 Å². The number of anilines is 1. The Labute approximate surface area is 156 Å². The summed E-state index contributed by atoms with van der Waals surface area (Å²) in [4.78, 5) is 28.0. The van der Waals surface area contributed by atoms with Crippen molar-refractivity contribution in [1.29, 1.82) is 0 Å². The second-order valence-electron chi connectivity index (χ2n) is 6.80. The highest BCUT2D eigenvalue weighted by atomic mass is 32.2. The SMILES string of the molecule is O=C(CCCC[C@H]1SC[C@H]2NC(=O)N[C@H]21)Nc1cccc2cccnc12. The maximum Gasteiger partial charge on any atom is 0.315 e. The summed E-state index contributed by atoms with van der Waals surface area (Å²) in [7, 11) is 0. The van der Waals surface area contributed by atoms with Crippen molar-refractivity contribution in [1.82, 2.24) is 15.6 Å². The van der Waals surface area contributed by atoms with Gasteiger partial charge in [-0.1, -0.05) is 24.6 Å². The number of carbonyl (C=O) groups is 2. The average molecular weight is 370 g/mol. The molecular formula is C19H22N4O2S. The van der Waals surface area contributed by atoms with Gasteiger partial charge in [0.15, 0.2) is 0 Å². The molecule has 4 rings (SSSR count). The van der Waals surface area contributed by atoms with Gasteiger partial charge in [0.2, 0.25) is 5.91 Å². The third kappa shape index (κ3) is 3.62. The smallest absolute Gasteiger partial charge is 0.315 e. The molecule has 0 unspecified atom stereocenters. The van der Waals surface area contributed by atoms with Crippen LogP contribution in [0.15, 0.2) is 36.5 Å². The number of urea groups is 1. The number of pyridine rings is 1. The van der Waals surface area contributed by atoms with Crippen LogP contribution in [0.2, 0.25) is 0 Å². The zero-order valence-electron chi connectivity index (χ0n) is 14.4. The van der Waals surface area contributed by atoms with Crippen LogP contribution in [0.5, 0.6) is 0 Å². The van der Waals surface area contributed by atoms with Crippen LogP contribution in [0.1, 0.15) is 25.7 Å². The van der Waals surface area contributed by atoms with Crippen LogP contribution in [-0.4, -0.2) is 40.0 Å². The van der Waals surface area contributed by atoms with E-state index in [4.69, 9.17) is 0 Å². The first kappa shape index (κ1) is 17.1. The third-order valence-electron chi connectivity index (χ3n) is 4.99. The number of amides is 3. The molecule has 2 aliphatic heterocycles. The monoisotopic (exact) mass is 370 g/mol. The first-order valence-corrected chi connectivity index (χ1v) is 10.1. The molecular weight excluding hydrogens is 348 g/mol. The fourth-order valence-electron chi connectivity index (χ4n) is 3.69. The number of rotatable bonds is 6. The van der Waals surface area contributed by atoms with Crippen LogP contribution in [-0.2, 0) is 4.79 Å². The molecule has 6 nitrogen and oxygen atoms in total. The minimum atomic E-state index is -0.0478. The number of thioether (sulfide) groups is 1. The van der Waals surface area contributed by atoms with E-state index in [-0.39, 0.29) is 24.0 Å². The molecule has 26 heavy (non-hydrogen) atoms. The van der Waals surface area contributed by atoms with Gasteiger partial charge in [0, 0.05) is 29.0 Å². The molecule has 3 amide bonds. The number of unbranched alkanes of at least 4 members (excludes halogenated alkanes) is 1. The van der Waals surface area contributed by atoms with Gasteiger partial charge in [0.05, 0.1) is 23.3 Å². The van der Waals surface area contributed by atoms with Crippen molar-refractivity contribution < 1.29 is 9.59 Å². The van der Waals surface area contributed by atoms with E-state index in [1.165, 1.54) is 0 Å². The van der Waals surface area contributed by atoms with Crippen molar-refractivity contribution in [3.63, 3.8) is 0 Å². The fourth-order valence-corrected chi connectivity index (χ4v) is 5.24. The van der Waals surface area contributed by atoms with E-state index < -0.39 is 0 Å². The Hall–Kier alpha value is -2.28. The Morgan fingerprint density at radius 1 is 1.23 bits per heavy atom. The normalized spacial score (nSPS) is 24.2. The molecule has 2 fully saturated rings. The zero-order chi connectivity index (χ0) is 17.9. The molecule has 7 heteroatoms. The lowest BCUT2D eigenvalue weighted by Crippen LogP contribution is -2.36. The molecule has 2 aliphatic rings. The van der Waals surface area contributed by atoms with E-state index in [0.29, 0.717) is 11.7 Å². The second kappa shape index (κ2) is 7.53. The third-order valence-corrected chi connectivity index (χ3v) is 6.50. The van der Waals surface area contributed by atoms with Crippen LogP contribution in [0.4, 0.5) is 10.5 Å². The summed E-state index contributed by atoms with van der Waals surface area (Å²) in [5, 5.41) is 10.4. The standard InChI is InChI=1S/C19H22N4O2S/c24-16(21-13-7-3-5-12-6-4-10-20-17(12)13)9-2-1-8-15-18-14(11-26-15)22-19(25)23-18/h3-7,10,14-15,18H,1-2,8-9,11H2,(H,21,24)(H2,22,23,25)/t14-,15-,18-/m1/s1. The number of carbonyl (C=O) groups excluding carboxylic acids is 2. The van der Waals surface area contributed by atoms with Gasteiger partial charge in [0.1, 0.15) is 0 Å². The number of hydrogen-bond donors (Lipinski definition) is 3. The molecule has 0 saturated carbocycles. The number of benzene rings is 1. The molecule has 1 aromatic carbocycles. The van der Waals surface area contributed by atoms with Gasteiger partial charge in [0.25, 0.3) is 0 Å². The number of hydrogen-bond acceptors (Lipinski definition) is 4. The number of nitrogens with zero attached hydrogens (tertiary/aromatic N) is 1. The second-order valence-corrected chi connectivity index (χ2v) is 8.07. The summed E-state index contributed by atoms with van der Waals surface area (Å²) in [5.41, 5.74) is 1.59. The molecule has 0 aliphatic carbocycles. The van der Waals surface area contributed by atoms with E-state index in [2.05, 4.69) is 20.9 Å². The van der Waals surface area contributed by atoms with E-state index in [1.54, 1.807) is 6.20 Å². The molecule has 136 valence electrons. The van der Waals surface area contributed by atoms with Gasteiger partial charge >= 0.3 is 6.03 Å². The van der Waals surface area contributed by atoms with Crippen molar-refractivity contribution >= 4 is 40.3 Å². The largest absolute Gasteiger partial charge is 0.332 e. The van der Waals surface area contributed by atoms with E-state index >= 15 is 0 Å². The molecule has 2 saturated heterocycles. The van der Waals surface area contributed by atoms with Crippen LogP contribution in [0.3, 0.4) is 0 Å². The first-order chi connectivity index (χ1) is 12.7. The lowest BCUT2D eigenvalue weighted by Gasteiger charge is -2.16. The van der Waals surface area contributed by atoms with Crippen LogP contribution < -0.4 is 16.0 Å². The summed E-state index contributed by atoms with van der Waals surface area (Å²) >= 11 is 1.91. The Bertz CT molecular complexity index is 823. The van der Waals surface area contributed by atoms with Crippen molar-refractivity contribution in [2.75, 3.05) is 11.1 Å². The number of fused-ring (bicyclic) bond motifs is 2. The number of nitrogens with one attached hydrogen (secondary N) is 3. The minimum absolute atomic E-state index is 0.0240. The highest BCUT2D eigenvalue weighted by Crippen LogP contribution is 2.33. The number of para-hydroxylation sites is 1. The maximum absolute atomic E-state index is 12.3. The molecule has 3 N–H and O–H groups in total. The van der Waals surface area contributed by atoms with Crippen molar-refractivity contribution in [2.45, 2.75) is 43.0 Å². The van der Waals surface area contributed by atoms with Crippen LogP contribution >= 0.6 is 11.8 Å². The van der Waals surface area contributed by atoms with Crippen molar-refractivity contribution in [3.05, 3.63) is 36.5 Å². The van der Waals surface area contributed by atoms with Crippen LogP contribution in [0.25, 0.3) is 10.9 Å². The lowest BCUT2D eigenvalue weighted by molar-refractivity contribution is -0.116.